The zero-order valence-electron chi connectivity index (χ0n) is 7.25. The molecule has 1 aromatic heterocycles. The fourth-order valence-electron chi connectivity index (χ4n) is 0.608. The molecule has 0 N–H and O–H groups in total. The number of hydrogen-bond donors (Lipinski definition) is 0. The molecule has 0 saturated carbocycles. The Balaban J connectivity index is 2.63. The minimum atomic E-state index is -0.498. The smallest absolute Gasteiger partial charge is 0.344 e. The largest absolute Gasteiger partial charge is 0.456 e. The Kier molecular flexibility index (Phi) is 2.17. The maximum atomic E-state index is 11.2. The van der Waals surface area contributed by atoms with Crippen molar-refractivity contribution in [1.29, 1.82) is 0 Å². The summed E-state index contributed by atoms with van der Waals surface area (Å²) in [5.41, 5.74) is -0.285. The standard InChI is InChI=1S/C8H10NO3/c1-8(2,3)12-7(10)6-4-9-11-5-6/h5H,1-3H3. The SMILES string of the molecule is CC(C)(C)OC(=O)c1[c]noc1. The number of hydrogen-bond acceptors (Lipinski definition) is 4. The van der Waals surface area contributed by atoms with E-state index in [1.54, 1.807) is 20.8 Å². The molecule has 0 amide bonds. The number of carbonyl (C=O) groups excluding carboxylic acids is 1. The third-order valence-corrected chi connectivity index (χ3v) is 1.01. The van der Waals surface area contributed by atoms with E-state index in [4.69, 9.17) is 4.74 Å². The molecule has 0 bridgehead atoms. The van der Waals surface area contributed by atoms with E-state index in [1.165, 1.54) is 6.26 Å². The van der Waals surface area contributed by atoms with Crippen molar-refractivity contribution in [2.24, 2.45) is 0 Å². The number of esters is 1. The molecule has 0 aliphatic rings. The van der Waals surface area contributed by atoms with Crippen molar-refractivity contribution >= 4 is 5.97 Å². The van der Waals surface area contributed by atoms with Gasteiger partial charge in [0.15, 0.2) is 6.20 Å². The second-order valence-electron chi connectivity index (χ2n) is 3.34. The molecule has 0 aromatic carbocycles. The minimum Gasteiger partial charge on any atom is -0.456 e. The summed E-state index contributed by atoms with van der Waals surface area (Å²) in [4.78, 5) is 11.2. The lowest BCUT2D eigenvalue weighted by molar-refractivity contribution is 0.00685. The molecule has 0 spiro atoms. The van der Waals surface area contributed by atoms with E-state index in [2.05, 4.69) is 15.9 Å². The Morgan fingerprint density at radius 2 is 2.33 bits per heavy atom. The van der Waals surface area contributed by atoms with Crippen molar-refractivity contribution in [3.05, 3.63) is 18.0 Å². The van der Waals surface area contributed by atoms with Gasteiger partial charge in [-0.2, -0.15) is 0 Å². The quantitative estimate of drug-likeness (QED) is 0.595. The monoisotopic (exact) mass is 168 g/mol. The predicted molar refractivity (Wildman–Crippen MR) is 40.5 cm³/mol. The van der Waals surface area contributed by atoms with Gasteiger partial charge in [0.1, 0.15) is 17.4 Å². The summed E-state index contributed by atoms with van der Waals surface area (Å²) in [5, 5.41) is 3.27. The Bertz CT molecular complexity index is 258. The number of ether oxygens (including phenoxy) is 1. The molecule has 0 saturated heterocycles. The highest BCUT2D eigenvalue weighted by atomic mass is 16.6. The summed E-state index contributed by atoms with van der Waals surface area (Å²) in [6.45, 7) is 5.37. The first kappa shape index (κ1) is 8.77. The van der Waals surface area contributed by atoms with Crippen LogP contribution < -0.4 is 0 Å². The van der Waals surface area contributed by atoms with Gasteiger partial charge in [-0.05, 0) is 20.8 Å². The molecule has 4 nitrogen and oxygen atoms in total. The number of nitrogens with zero attached hydrogens (tertiary/aromatic N) is 1. The summed E-state index contributed by atoms with van der Waals surface area (Å²) >= 11 is 0. The fraction of sp³-hybridized carbons (Fsp3) is 0.500. The van der Waals surface area contributed by atoms with Gasteiger partial charge in [0.25, 0.3) is 0 Å². The molecule has 12 heavy (non-hydrogen) atoms. The van der Waals surface area contributed by atoms with Gasteiger partial charge in [-0.25, -0.2) is 4.79 Å². The highest BCUT2D eigenvalue weighted by molar-refractivity contribution is 5.88. The first-order chi connectivity index (χ1) is 5.49. The van der Waals surface area contributed by atoms with Crippen molar-refractivity contribution in [1.82, 2.24) is 5.16 Å². The highest BCUT2D eigenvalue weighted by Gasteiger charge is 2.19. The Morgan fingerprint density at radius 1 is 1.67 bits per heavy atom. The van der Waals surface area contributed by atoms with Crippen molar-refractivity contribution in [3.63, 3.8) is 0 Å². The fourth-order valence-corrected chi connectivity index (χ4v) is 0.608. The summed E-state index contributed by atoms with van der Waals surface area (Å²) in [7, 11) is 0. The lowest BCUT2D eigenvalue weighted by atomic mass is 10.2. The zero-order chi connectivity index (χ0) is 9.19. The second kappa shape index (κ2) is 2.97. The average Bonchev–Trinajstić information content (AvgIpc) is 2.32. The summed E-state index contributed by atoms with van der Waals surface area (Å²) in [6, 6.07) is 0. The molecule has 0 fully saturated rings. The molecule has 0 aliphatic carbocycles. The van der Waals surface area contributed by atoms with Gasteiger partial charge in [0.05, 0.1) is 0 Å². The van der Waals surface area contributed by atoms with Crippen LogP contribution in [0, 0.1) is 6.20 Å². The summed E-state index contributed by atoms with van der Waals surface area (Å²) in [6.07, 6.45) is 3.57. The maximum absolute atomic E-state index is 11.2. The van der Waals surface area contributed by atoms with Crippen molar-refractivity contribution < 1.29 is 14.1 Å². The van der Waals surface area contributed by atoms with Crippen LogP contribution in [0.5, 0.6) is 0 Å². The Labute approximate surface area is 70.5 Å². The van der Waals surface area contributed by atoms with E-state index in [0.717, 1.165) is 0 Å². The van der Waals surface area contributed by atoms with Gasteiger partial charge in [-0.3, -0.25) is 0 Å². The predicted octanol–water partition coefficient (Wildman–Crippen LogP) is 1.43. The molecule has 0 atom stereocenters. The van der Waals surface area contributed by atoms with E-state index in [1.807, 2.05) is 0 Å². The van der Waals surface area contributed by atoms with Crippen LogP contribution in [0.15, 0.2) is 10.8 Å². The second-order valence-corrected chi connectivity index (χ2v) is 3.34. The lowest BCUT2D eigenvalue weighted by Crippen LogP contribution is -2.23. The highest BCUT2D eigenvalue weighted by Crippen LogP contribution is 2.10. The van der Waals surface area contributed by atoms with Crippen LogP contribution in [-0.4, -0.2) is 16.7 Å². The van der Waals surface area contributed by atoms with E-state index in [9.17, 15) is 4.79 Å². The van der Waals surface area contributed by atoms with E-state index < -0.39 is 11.6 Å². The van der Waals surface area contributed by atoms with Crippen LogP contribution in [0.1, 0.15) is 31.1 Å². The molecular weight excluding hydrogens is 158 g/mol. The summed E-state index contributed by atoms with van der Waals surface area (Å²) in [5.74, 6) is -0.469. The van der Waals surface area contributed by atoms with E-state index >= 15 is 0 Å². The molecule has 1 heterocycles. The third-order valence-electron chi connectivity index (χ3n) is 1.01. The topological polar surface area (TPSA) is 52.3 Å². The van der Waals surface area contributed by atoms with Gasteiger partial charge in [0.2, 0.25) is 0 Å². The molecule has 1 rings (SSSR count). The van der Waals surface area contributed by atoms with Crippen molar-refractivity contribution in [2.75, 3.05) is 0 Å². The van der Waals surface area contributed by atoms with Gasteiger partial charge < -0.3 is 9.26 Å². The van der Waals surface area contributed by atoms with Crippen molar-refractivity contribution in [2.45, 2.75) is 26.4 Å². The van der Waals surface area contributed by atoms with E-state index in [-0.39, 0.29) is 5.56 Å². The molecule has 1 aromatic rings. The molecule has 0 unspecified atom stereocenters. The van der Waals surface area contributed by atoms with Gasteiger partial charge in [0, 0.05) is 0 Å². The summed E-state index contributed by atoms with van der Waals surface area (Å²) < 4.78 is 9.46. The molecule has 4 heteroatoms. The lowest BCUT2D eigenvalue weighted by Gasteiger charge is -2.18. The van der Waals surface area contributed by atoms with Crippen molar-refractivity contribution in [3.8, 4) is 0 Å². The van der Waals surface area contributed by atoms with Crippen LogP contribution in [0.4, 0.5) is 0 Å². The molecule has 1 radical (unpaired) electrons. The first-order valence-electron chi connectivity index (χ1n) is 3.54. The number of aromatic nitrogens is 1. The molecular formula is C8H10NO3. The number of rotatable bonds is 1. The van der Waals surface area contributed by atoms with Crippen LogP contribution in [0.25, 0.3) is 0 Å². The minimum absolute atomic E-state index is 0.213. The van der Waals surface area contributed by atoms with E-state index in [0.29, 0.717) is 0 Å². The van der Waals surface area contributed by atoms with Crippen LogP contribution in [0.2, 0.25) is 0 Å². The average molecular weight is 168 g/mol. The maximum Gasteiger partial charge on any atom is 0.344 e. The Hall–Kier alpha value is -1.32. The van der Waals surface area contributed by atoms with Crippen LogP contribution in [0.3, 0.4) is 0 Å². The number of carbonyl (C=O) groups is 1. The van der Waals surface area contributed by atoms with Crippen LogP contribution >= 0.6 is 0 Å². The van der Waals surface area contributed by atoms with Crippen LogP contribution in [-0.2, 0) is 4.74 Å². The van der Waals surface area contributed by atoms with Gasteiger partial charge in [-0.15, -0.1) is 0 Å². The third kappa shape index (κ3) is 2.38. The Morgan fingerprint density at radius 3 is 2.75 bits per heavy atom. The first-order valence-corrected chi connectivity index (χ1v) is 3.54. The van der Waals surface area contributed by atoms with Gasteiger partial charge in [-0.1, -0.05) is 5.16 Å². The zero-order valence-corrected chi connectivity index (χ0v) is 7.25. The van der Waals surface area contributed by atoms with Gasteiger partial charge >= 0.3 is 5.97 Å². The normalized spacial score (nSPS) is 11.2. The molecule has 0 aliphatic heterocycles. The molecule has 65 valence electrons.